The molecule has 74 valence electrons. The molecule has 0 aliphatic heterocycles. The third-order valence-corrected chi connectivity index (χ3v) is 2.54. The highest BCUT2D eigenvalue weighted by Gasteiger charge is 2.12. The third kappa shape index (κ3) is 1.83. The number of aromatic amines is 1. The molecule has 2 heterocycles. The van der Waals surface area contributed by atoms with E-state index in [-0.39, 0.29) is 6.04 Å². The van der Waals surface area contributed by atoms with Crippen LogP contribution in [-0.4, -0.2) is 23.9 Å². The van der Waals surface area contributed by atoms with Gasteiger partial charge in [-0.1, -0.05) is 11.6 Å². The summed E-state index contributed by atoms with van der Waals surface area (Å²) in [7, 11) is 0. The number of nitrogens with one attached hydrogen (secondary N) is 2. The zero-order chi connectivity index (χ0) is 9.97. The molecule has 0 aliphatic rings. The van der Waals surface area contributed by atoms with Crippen LogP contribution in [0.4, 0.5) is 5.82 Å². The first-order valence-corrected chi connectivity index (χ1v) is 4.98. The quantitative estimate of drug-likeness (QED) is 0.835. The molecule has 2 aromatic rings. The summed E-state index contributed by atoms with van der Waals surface area (Å²) in [5.41, 5.74) is 0. The van der Waals surface area contributed by atoms with Crippen LogP contribution in [0.5, 0.6) is 0 Å². The maximum absolute atomic E-state index is 5.77. The van der Waals surface area contributed by atoms with Crippen molar-refractivity contribution in [3.8, 4) is 0 Å². The van der Waals surface area contributed by atoms with Crippen molar-refractivity contribution in [1.29, 1.82) is 0 Å². The molecular weight excluding hydrogens is 224 g/mol. The molecule has 0 amide bonds. The summed E-state index contributed by atoms with van der Waals surface area (Å²) in [6.45, 7) is 1.93. The molecule has 0 fully saturated rings. The van der Waals surface area contributed by atoms with Gasteiger partial charge in [0.1, 0.15) is 12.2 Å². The van der Waals surface area contributed by atoms with Crippen LogP contribution < -0.4 is 5.32 Å². The molecule has 6 nitrogen and oxygen atoms in total. The standard InChI is InChI=1S/C6H7ClN6S/c1-3(5-8-2-9-11-5)10-6-4(7)12-14-13-6/h2-3H,1H3,(H,10,13)(H,8,9,11). The Morgan fingerprint density at radius 2 is 2.43 bits per heavy atom. The highest BCUT2D eigenvalue weighted by atomic mass is 35.5. The highest BCUT2D eigenvalue weighted by molar-refractivity contribution is 6.99. The van der Waals surface area contributed by atoms with Crippen LogP contribution in [0.25, 0.3) is 0 Å². The fourth-order valence-corrected chi connectivity index (χ4v) is 1.62. The second-order valence-electron chi connectivity index (χ2n) is 2.64. The van der Waals surface area contributed by atoms with Gasteiger partial charge in [0.15, 0.2) is 11.0 Å². The molecular formula is C6H7ClN6S. The van der Waals surface area contributed by atoms with Gasteiger partial charge in [0.2, 0.25) is 0 Å². The normalized spacial score (nSPS) is 12.7. The fourth-order valence-electron chi connectivity index (χ4n) is 0.961. The zero-order valence-corrected chi connectivity index (χ0v) is 8.80. The number of hydrogen-bond acceptors (Lipinski definition) is 6. The van der Waals surface area contributed by atoms with E-state index in [0.717, 1.165) is 17.6 Å². The van der Waals surface area contributed by atoms with Gasteiger partial charge in [-0.3, -0.25) is 5.10 Å². The average Bonchev–Trinajstić information content (AvgIpc) is 2.77. The highest BCUT2D eigenvalue weighted by Crippen LogP contribution is 2.21. The van der Waals surface area contributed by atoms with Gasteiger partial charge in [-0.25, -0.2) is 4.98 Å². The molecule has 0 bridgehead atoms. The van der Waals surface area contributed by atoms with Gasteiger partial charge in [-0.15, -0.1) is 0 Å². The lowest BCUT2D eigenvalue weighted by molar-refractivity contribution is 0.792. The van der Waals surface area contributed by atoms with Crippen LogP contribution in [0.1, 0.15) is 18.8 Å². The van der Waals surface area contributed by atoms with E-state index in [1.54, 1.807) is 0 Å². The van der Waals surface area contributed by atoms with Gasteiger partial charge in [-0.05, 0) is 6.92 Å². The van der Waals surface area contributed by atoms with Gasteiger partial charge in [0.05, 0.1) is 17.8 Å². The van der Waals surface area contributed by atoms with Crippen LogP contribution in [0.2, 0.25) is 5.15 Å². The van der Waals surface area contributed by atoms with E-state index in [1.807, 2.05) is 6.92 Å². The summed E-state index contributed by atoms with van der Waals surface area (Å²) in [5.74, 6) is 1.30. The first-order valence-electron chi connectivity index (χ1n) is 3.87. The Morgan fingerprint density at radius 1 is 1.57 bits per heavy atom. The van der Waals surface area contributed by atoms with Gasteiger partial charge in [0, 0.05) is 0 Å². The number of H-pyrrole nitrogens is 1. The minimum Gasteiger partial charge on any atom is -0.357 e. The molecule has 0 radical (unpaired) electrons. The minimum atomic E-state index is -0.0288. The van der Waals surface area contributed by atoms with Crippen molar-refractivity contribution in [2.45, 2.75) is 13.0 Å². The molecule has 0 spiro atoms. The molecule has 2 aromatic heterocycles. The maximum atomic E-state index is 5.77. The number of aromatic nitrogens is 5. The summed E-state index contributed by atoms with van der Waals surface area (Å²) < 4.78 is 7.83. The summed E-state index contributed by atoms with van der Waals surface area (Å²) in [6.07, 6.45) is 1.45. The van der Waals surface area contributed by atoms with Crippen molar-refractivity contribution in [2.24, 2.45) is 0 Å². The van der Waals surface area contributed by atoms with Crippen molar-refractivity contribution in [1.82, 2.24) is 23.9 Å². The Bertz CT molecular complexity index is 398. The van der Waals surface area contributed by atoms with Crippen molar-refractivity contribution >= 4 is 29.1 Å². The Morgan fingerprint density at radius 3 is 3.00 bits per heavy atom. The second kappa shape index (κ2) is 3.89. The minimum absolute atomic E-state index is 0.0288. The predicted molar refractivity (Wildman–Crippen MR) is 53.3 cm³/mol. The molecule has 0 saturated carbocycles. The summed E-state index contributed by atoms with van der Waals surface area (Å²) >= 11 is 6.84. The Balaban J connectivity index is 2.09. The second-order valence-corrected chi connectivity index (χ2v) is 3.53. The van der Waals surface area contributed by atoms with E-state index in [4.69, 9.17) is 11.6 Å². The molecule has 0 saturated heterocycles. The van der Waals surface area contributed by atoms with Crippen molar-refractivity contribution in [2.75, 3.05) is 5.32 Å². The fraction of sp³-hybridized carbons (Fsp3) is 0.333. The monoisotopic (exact) mass is 230 g/mol. The molecule has 0 aromatic carbocycles. The molecule has 2 rings (SSSR count). The van der Waals surface area contributed by atoms with Crippen molar-refractivity contribution in [3.63, 3.8) is 0 Å². The largest absolute Gasteiger partial charge is 0.357 e. The van der Waals surface area contributed by atoms with E-state index in [2.05, 4.69) is 29.2 Å². The lowest BCUT2D eigenvalue weighted by Gasteiger charge is -2.08. The number of hydrogen-bond donors (Lipinski definition) is 2. The van der Waals surface area contributed by atoms with Crippen LogP contribution in [-0.2, 0) is 0 Å². The van der Waals surface area contributed by atoms with Gasteiger partial charge >= 0.3 is 0 Å². The van der Waals surface area contributed by atoms with Crippen molar-refractivity contribution in [3.05, 3.63) is 17.3 Å². The zero-order valence-electron chi connectivity index (χ0n) is 7.23. The van der Waals surface area contributed by atoms with Gasteiger partial charge in [-0.2, -0.15) is 13.8 Å². The smallest absolute Gasteiger partial charge is 0.186 e. The van der Waals surface area contributed by atoms with Crippen LogP contribution in [0.3, 0.4) is 0 Å². The Kier molecular flexibility index (Phi) is 2.60. The Labute approximate surface area is 89.1 Å². The third-order valence-electron chi connectivity index (χ3n) is 1.65. The molecule has 8 heteroatoms. The predicted octanol–water partition coefficient (Wildman–Crippen LogP) is 1.48. The molecule has 0 aliphatic carbocycles. The number of nitrogens with zero attached hydrogens (tertiary/aromatic N) is 4. The SMILES string of the molecule is CC(Nc1nsnc1Cl)c1ncn[nH]1. The number of rotatable bonds is 3. The van der Waals surface area contributed by atoms with Crippen LogP contribution in [0.15, 0.2) is 6.33 Å². The van der Waals surface area contributed by atoms with E-state index in [9.17, 15) is 0 Å². The lowest BCUT2D eigenvalue weighted by Crippen LogP contribution is -2.08. The van der Waals surface area contributed by atoms with E-state index in [0.29, 0.717) is 11.0 Å². The number of anilines is 1. The summed E-state index contributed by atoms with van der Waals surface area (Å²) in [4.78, 5) is 4.01. The average molecular weight is 231 g/mol. The van der Waals surface area contributed by atoms with E-state index in [1.165, 1.54) is 6.33 Å². The molecule has 1 unspecified atom stereocenters. The maximum Gasteiger partial charge on any atom is 0.186 e. The first kappa shape index (κ1) is 9.35. The van der Waals surface area contributed by atoms with Crippen LogP contribution >= 0.6 is 23.3 Å². The summed E-state index contributed by atoms with van der Waals surface area (Å²) in [5, 5.41) is 9.95. The van der Waals surface area contributed by atoms with Gasteiger partial charge < -0.3 is 5.32 Å². The lowest BCUT2D eigenvalue weighted by atomic mass is 10.3. The molecule has 2 N–H and O–H groups in total. The molecule has 1 atom stereocenters. The van der Waals surface area contributed by atoms with Crippen molar-refractivity contribution < 1.29 is 0 Å². The number of halogens is 1. The Hall–Kier alpha value is -1.21. The molecule has 14 heavy (non-hydrogen) atoms. The van der Waals surface area contributed by atoms with E-state index >= 15 is 0 Å². The topological polar surface area (TPSA) is 79.4 Å². The van der Waals surface area contributed by atoms with E-state index < -0.39 is 0 Å². The summed E-state index contributed by atoms with van der Waals surface area (Å²) in [6, 6.07) is -0.0288. The van der Waals surface area contributed by atoms with Crippen LogP contribution in [0, 0.1) is 0 Å². The van der Waals surface area contributed by atoms with Gasteiger partial charge in [0.25, 0.3) is 0 Å². The first-order chi connectivity index (χ1) is 6.77.